The maximum atomic E-state index is 9.32. The first-order chi connectivity index (χ1) is 10.3. The van der Waals surface area contributed by atoms with Crippen LogP contribution in [0.2, 0.25) is 0 Å². The van der Waals surface area contributed by atoms with E-state index in [1.165, 1.54) is 6.33 Å². The molecule has 5 nitrogen and oxygen atoms in total. The average Bonchev–Trinajstić information content (AvgIpc) is 2.89. The molecule has 22 heavy (non-hydrogen) atoms. The second-order valence-corrected chi connectivity index (χ2v) is 4.67. The van der Waals surface area contributed by atoms with Gasteiger partial charge >= 0.3 is 0 Å². The summed E-state index contributed by atoms with van der Waals surface area (Å²) in [5, 5.41) is 13.5. The fourth-order valence-corrected chi connectivity index (χ4v) is 2.29. The van der Waals surface area contributed by atoms with Gasteiger partial charge in [-0.15, -0.1) is 12.4 Å². The summed E-state index contributed by atoms with van der Waals surface area (Å²) in [6.45, 7) is 0. The van der Waals surface area contributed by atoms with Gasteiger partial charge in [-0.1, -0.05) is 12.1 Å². The van der Waals surface area contributed by atoms with Crippen LogP contribution in [0, 0.1) is 0 Å². The molecule has 0 spiro atoms. The number of aromatic nitrogens is 2. The topological polar surface area (TPSA) is 71.2 Å². The zero-order valence-electron chi connectivity index (χ0n) is 11.4. The van der Waals surface area contributed by atoms with Crippen LogP contribution in [-0.2, 0) is 0 Å². The second-order valence-electron chi connectivity index (χ2n) is 4.67. The van der Waals surface area contributed by atoms with Crippen LogP contribution in [0.3, 0.4) is 0 Å². The molecule has 0 atom stereocenters. The minimum atomic E-state index is 0. The summed E-state index contributed by atoms with van der Waals surface area (Å²) in [4.78, 5) is 8.54. The molecule has 0 aliphatic heterocycles. The average molecular weight is 314 g/mol. The van der Waals surface area contributed by atoms with Gasteiger partial charge in [-0.2, -0.15) is 0 Å². The van der Waals surface area contributed by atoms with Crippen LogP contribution in [0.1, 0.15) is 0 Å². The molecule has 0 aliphatic rings. The Balaban J connectivity index is 0.00000144. The Labute approximate surface area is 132 Å². The highest BCUT2D eigenvalue weighted by Crippen LogP contribution is 2.31. The van der Waals surface area contributed by atoms with E-state index in [1.807, 2.05) is 24.3 Å². The lowest BCUT2D eigenvalue weighted by atomic mass is 10.2. The summed E-state index contributed by atoms with van der Waals surface area (Å²) in [7, 11) is 0. The monoisotopic (exact) mass is 313 g/mol. The molecule has 2 heterocycles. The number of halogens is 1. The van der Waals surface area contributed by atoms with Crippen LogP contribution in [0.25, 0.3) is 22.1 Å². The Morgan fingerprint density at radius 1 is 0.955 bits per heavy atom. The molecule has 6 heteroatoms. The number of furan rings is 1. The summed E-state index contributed by atoms with van der Waals surface area (Å²) >= 11 is 0. The van der Waals surface area contributed by atoms with E-state index >= 15 is 0 Å². The normalized spacial score (nSPS) is 10.5. The third-order valence-corrected chi connectivity index (χ3v) is 3.29. The SMILES string of the molecule is Cl.Oc1ccc(Nc2ncnc3c2oc2ccccc23)cc1. The van der Waals surface area contributed by atoms with Gasteiger partial charge in [0.05, 0.1) is 0 Å². The van der Waals surface area contributed by atoms with Crippen LogP contribution in [0.4, 0.5) is 11.5 Å². The molecule has 0 aliphatic carbocycles. The van der Waals surface area contributed by atoms with Crippen LogP contribution in [0.15, 0.2) is 59.3 Å². The van der Waals surface area contributed by atoms with Crippen molar-refractivity contribution in [1.29, 1.82) is 0 Å². The second kappa shape index (κ2) is 5.54. The smallest absolute Gasteiger partial charge is 0.196 e. The predicted octanol–water partition coefficient (Wildman–Crippen LogP) is 4.25. The fourth-order valence-electron chi connectivity index (χ4n) is 2.29. The maximum absolute atomic E-state index is 9.32. The van der Waals surface area contributed by atoms with Crippen molar-refractivity contribution >= 4 is 46.0 Å². The van der Waals surface area contributed by atoms with Gasteiger partial charge in [-0.05, 0) is 36.4 Å². The molecule has 2 aromatic heterocycles. The highest BCUT2D eigenvalue weighted by Gasteiger charge is 2.12. The van der Waals surface area contributed by atoms with Gasteiger partial charge in [-0.25, -0.2) is 9.97 Å². The van der Waals surface area contributed by atoms with Crippen LogP contribution in [0.5, 0.6) is 5.75 Å². The van der Waals surface area contributed by atoms with E-state index in [-0.39, 0.29) is 18.2 Å². The number of aromatic hydroxyl groups is 1. The summed E-state index contributed by atoms with van der Waals surface area (Å²) in [6.07, 6.45) is 1.51. The number of hydrogen-bond acceptors (Lipinski definition) is 5. The molecule has 2 aromatic carbocycles. The number of rotatable bonds is 2. The van der Waals surface area contributed by atoms with Crippen LogP contribution < -0.4 is 5.32 Å². The lowest BCUT2D eigenvalue weighted by Gasteiger charge is -2.05. The molecule has 0 bridgehead atoms. The van der Waals surface area contributed by atoms with E-state index in [4.69, 9.17) is 4.42 Å². The maximum Gasteiger partial charge on any atom is 0.196 e. The molecule has 110 valence electrons. The van der Waals surface area contributed by atoms with E-state index in [0.29, 0.717) is 11.4 Å². The molecule has 0 saturated carbocycles. The van der Waals surface area contributed by atoms with Gasteiger partial charge in [0, 0.05) is 11.1 Å². The number of fused-ring (bicyclic) bond motifs is 3. The van der Waals surface area contributed by atoms with Gasteiger partial charge in [0.1, 0.15) is 23.2 Å². The lowest BCUT2D eigenvalue weighted by Crippen LogP contribution is -1.94. The van der Waals surface area contributed by atoms with Crippen molar-refractivity contribution in [2.75, 3.05) is 5.32 Å². The molecular formula is C16H12ClN3O2. The number of hydrogen-bond donors (Lipinski definition) is 2. The Bertz CT molecular complexity index is 935. The molecule has 4 aromatic rings. The number of phenols is 1. The van der Waals surface area contributed by atoms with Gasteiger partial charge < -0.3 is 14.8 Å². The summed E-state index contributed by atoms with van der Waals surface area (Å²) in [6, 6.07) is 14.5. The highest BCUT2D eigenvalue weighted by molar-refractivity contribution is 6.05. The van der Waals surface area contributed by atoms with Gasteiger partial charge in [0.2, 0.25) is 0 Å². The van der Waals surface area contributed by atoms with Crippen molar-refractivity contribution in [1.82, 2.24) is 9.97 Å². The zero-order valence-corrected chi connectivity index (χ0v) is 12.2. The Hall–Kier alpha value is -2.79. The van der Waals surface area contributed by atoms with Crippen molar-refractivity contribution in [3.63, 3.8) is 0 Å². The van der Waals surface area contributed by atoms with Crippen molar-refractivity contribution in [3.8, 4) is 5.75 Å². The van der Waals surface area contributed by atoms with Crippen LogP contribution >= 0.6 is 12.4 Å². The minimum Gasteiger partial charge on any atom is -0.508 e. The van der Waals surface area contributed by atoms with E-state index in [0.717, 1.165) is 22.2 Å². The molecule has 0 saturated heterocycles. The van der Waals surface area contributed by atoms with E-state index in [9.17, 15) is 5.11 Å². The van der Waals surface area contributed by atoms with E-state index in [1.54, 1.807) is 24.3 Å². The van der Waals surface area contributed by atoms with E-state index in [2.05, 4.69) is 15.3 Å². The number of benzene rings is 2. The Morgan fingerprint density at radius 2 is 1.73 bits per heavy atom. The molecule has 4 rings (SSSR count). The molecule has 0 fully saturated rings. The fraction of sp³-hybridized carbons (Fsp3) is 0. The summed E-state index contributed by atoms with van der Waals surface area (Å²) < 4.78 is 5.84. The summed E-state index contributed by atoms with van der Waals surface area (Å²) in [5.74, 6) is 0.819. The van der Waals surface area contributed by atoms with Crippen molar-refractivity contribution in [3.05, 3.63) is 54.9 Å². The predicted molar refractivity (Wildman–Crippen MR) is 87.9 cm³/mol. The van der Waals surface area contributed by atoms with Crippen molar-refractivity contribution in [2.24, 2.45) is 0 Å². The van der Waals surface area contributed by atoms with Crippen molar-refractivity contribution in [2.45, 2.75) is 0 Å². The number of para-hydroxylation sites is 1. The third kappa shape index (κ3) is 2.31. The lowest BCUT2D eigenvalue weighted by molar-refractivity contribution is 0.475. The first-order valence-electron chi connectivity index (χ1n) is 6.49. The number of anilines is 2. The standard InChI is InChI=1S/C16H11N3O2.ClH/c20-11-7-5-10(6-8-11)19-16-15-14(17-9-18-16)12-3-1-2-4-13(12)21-15;/h1-9,20H,(H,17,18,19);1H. The van der Waals surface area contributed by atoms with Crippen molar-refractivity contribution < 1.29 is 9.52 Å². The van der Waals surface area contributed by atoms with Crippen LogP contribution in [-0.4, -0.2) is 15.1 Å². The Kier molecular flexibility index (Phi) is 3.56. The molecule has 2 N–H and O–H groups in total. The highest BCUT2D eigenvalue weighted by atomic mass is 35.5. The summed E-state index contributed by atoms with van der Waals surface area (Å²) in [5.41, 5.74) is 2.99. The van der Waals surface area contributed by atoms with Gasteiger partial charge in [-0.3, -0.25) is 0 Å². The third-order valence-electron chi connectivity index (χ3n) is 3.29. The molecule has 0 amide bonds. The molecular weight excluding hydrogens is 302 g/mol. The molecule has 0 radical (unpaired) electrons. The van der Waals surface area contributed by atoms with E-state index < -0.39 is 0 Å². The zero-order chi connectivity index (χ0) is 14.2. The largest absolute Gasteiger partial charge is 0.508 e. The minimum absolute atomic E-state index is 0. The molecule has 0 unspecified atom stereocenters. The van der Waals surface area contributed by atoms with Gasteiger partial charge in [0.15, 0.2) is 11.4 Å². The Morgan fingerprint density at radius 3 is 2.55 bits per heavy atom. The first kappa shape index (κ1) is 14.2. The number of phenolic OH excluding ortho intramolecular Hbond substituents is 1. The number of nitrogens with zero attached hydrogens (tertiary/aromatic N) is 2. The van der Waals surface area contributed by atoms with Gasteiger partial charge in [0.25, 0.3) is 0 Å². The quantitative estimate of drug-likeness (QED) is 0.541. The number of nitrogens with one attached hydrogen (secondary N) is 1. The first-order valence-corrected chi connectivity index (χ1v) is 6.49.